The van der Waals surface area contributed by atoms with Gasteiger partial charge in [-0.15, -0.1) is 0 Å². The van der Waals surface area contributed by atoms with Crippen LogP contribution in [0.1, 0.15) is 58.1 Å². The Kier molecular flexibility index (Phi) is 6.36. The molecule has 0 spiro atoms. The minimum Gasteiger partial charge on any atom is -0.381 e. The van der Waals surface area contributed by atoms with Crippen LogP contribution in [0.25, 0.3) is 28.1 Å². The largest absolute Gasteiger partial charge is 0.381 e. The lowest BCUT2D eigenvalue weighted by atomic mass is 9.91. The number of piperidine rings is 1. The van der Waals surface area contributed by atoms with Gasteiger partial charge in [-0.3, -0.25) is 9.47 Å². The van der Waals surface area contributed by atoms with E-state index in [-0.39, 0.29) is 5.92 Å². The van der Waals surface area contributed by atoms with E-state index in [1.165, 1.54) is 0 Å². The van der Waals surface area contributed by atoms with Crippen LogP contribution in [-0.2, 0) is 17.4 Å². The summed E-state index contributed by atoms with van der Waals surface area (Å²) in [5, 5.41) is 11.9. The average Bonchev–Trinajstić information content (AvgIpc) is 3.47. The minimum atomic E-state index is -1.05. The Balaban J connectivity index is 1.58. The molecule has 2 saturated heterocycles. The van der Waals surface area contributed by atoms with Gasteiger partial charge >= 0.3 is 0 Å². The molecule has 0 radical (unpaired) electrons. The first-order valence-electron chi connectivity index (χ1n) is 13.8. The predicted octanol–water partition coefficient (Wildman–Crippen LogP) is 3.35. The molecule has 0 saturated carbocycles. The van der Waals surface area contributed by atoms with Crippen molar-refractivity contribution in [3.63, 3.8) is 0 Å². The first kappa shape index (κ1) is 25.2. The Labute approximate surface area is 223 Å². The van der Waals surface area contributed by atoms with Crippen molar-refractivity contribution >= 4 is 28.0 Å². The molecule has 2 aliphatic rings. The second-order valence-electron chi connectivity index (χ2n) is 11.3. The molecule has 1 atom stereocenters. The second kappa shape index (κ2) is 9.59. The Morgan fingerprint density at radius 2 is 1.74 bits per heavy atom. The first-order valence-corrected chi connectivity index (χ1v) is 13.8. The Morgan fingerprint density at radius 3 is 2.47 bits per heavy atom. The zero-order chi connectivity index (χ0) is 26.6. The van der Waals surface area contributed by atoms with E-state index in [1.807, 2.05) is 29.8 Å². The second-order valence-corrected chi connectivity index (χ2v) is 11.3. The summed E-state index contributed by atoms with van der Waals surface area (Å²) in [7, 11) is 1.96. The van der Waals surface area contributed by atoms with E-state index in [2.05, 4.69) is 48.1 Å². The van der Waals surface area contributed by atoms with E-state index in [1.54, 1.807) is 0 Å². The molecule has 6 rings (SSSR count). The van der Waals surface area contributed by atoms with Gasteiger partial charge < -0.3 is 19.3 Å². The minimum absolute atomic E-state index is 0.181. The third-order valence-electron chi connectivity index (χ3n) is 7.95. The lowest BCUT2D eigenvalue weighted by Gasteiger charge is -2.40. The number of aliphatic hydroxyl groups is 1. The lowest BCUT2D eigenvalue weighted by Crippen LogP contribution is -2.49. The number of ether oxygens (including phenoxy) is 1. The van der Waals surface area contributed by atoms with Crippen molar-refractivity contribution in [3.8, 4) is 5.95 Å². The molecule has 10 nitrogen and oxygen atoms in total. The van der Waals surface area contributed by atoms with E-state index in [9.17, 15) is 5.11 Å². The van der Waals surface area contributed by atoms with Crippen LogP contribution in [0, 0.1) is 0 Å². The highest BCUT2D eigenvalue weighted by atomic mass is 16.5. The molecule has 1 unspecified atom stereocenters. The highest BCUT2D eigenvalue weighted by molar-refractivity contribution is 5.86. The molecule has 1 N–H and O–H groups in total. The molecule has 0 bridgehead atoms. The summed E-state index contributed by atoms with van der Waals surface area (Å²) in [5.41, 5.74) is 2.28. The van der Waals surface area contributed by atoms with E-state index in [0.717, 1.165) is 54.2 Å². The number of morpholine rings is 1. The highest BCUT2D eigenvalue weighted by Crippen LogP contribution is 2.36. The van der Waals surface area contributed by atoms with Crippen molar-refractivity contribution in [1.82, 2.24) is 34.0 Å². The number of hydrogen-bond donors (Lipinski definition) is 1. The standard InChI is InChI=1S/C28H38N8O2/c1-18(2)23-29-20-9-6-7-10-21(20)36(23)27-31-24-22(25(32-27)34-13-15-38-16-14-34)30-26(33(24)5)28(37)11-8-12-35(17-28)19(3)4/h6-7,9-10,18-19,37H,8,11-17H2,1-5H3. The highest BCUT2D eigenvalue weighted by Gasteiger charge is 2.40. The normalized spacial score (nSPS) is 21.4. The topological polar surface area (TPSA) is 97.4 Å². The first-order chi connectivity index (χ1) is 18.3. The SMILES string of the molecule is CC(C)c1nc2ccccc2n1-c1nc(N2CCOCC2)c2nc(C3(O)CCCN(C(C)C)C3)n(C)c2n1. The molecular weight excluding hydrogens is 480 g/mol. The van der Waals surface area contributed by atoms with Gasteiger partial charge in [-0.1, -0.05) is 26.0 Å². The number of likely N-dealkylation sites (tertiary alicyclic amines) is 1. The average molecular weight is 519 g/mol. The van der Waals surface area contributed by atoms with Crippen molar-refractivity contribution in [1.29, 1.82) is 0 Å². The van der Waals surface area contributed by atoms with E-state index >= 15 is 0 Å². The fourth-order valence-electron chi connectivity index (χ4n) is 5.88. The molecule has 2 aliphatic heterocycles. The van der Waals surface area contributed by atoms with Crippen molar-refractivity contribution in [2.24, 2.45) is 7.05 Å². The fraction of sp³-hybridized carbons (Fsp3) is 0.571. The predicted molar refractivity (Wildman–Crippen MR) is 148 cm³/mol. The summed E-state index contributed by atoms with van der Waals surface area (Å²) in [4.78, 5) is 24.8. The Morgan fingerprint density at radius 1 is 0.974 bits per heavy atom. The van der Waals surface area contributed by atoms with E-state index in [0.29, 0.717) is 49.6 Å². The van der Waals surface area contributed by atoms with Gasteiger partial charge in [0.2, 0.25) is 5.95 Å². The van der Waals surface area contributed by atoms with Crippen molar-refractivity contribution in [2.75, 3.05) is 44.3 Å². The third-order valence-corrected chi connectivity index (χ3v) is 7.95. The van der Waals surface area contributed by atoms with Crippen LogP contribution < -0.4 is 4.90 Å². The van der Waals surface area contributed by atoms with Crippen LogP contribution in [-0.4, -0.2) is 84.5 Å². The number of β-amino-alcohol motifs (C(OH)–C–C–N with tert-alkyl or cyclic N) is 1. The fourth-order valence-corrected chi connectivity index (χ4v) is 5.88. The van der Waals surface area contributed by atoms with Crippen molar-refractivity contribution < 1.29 is 9.84 Å². The number of aryl methyl sites for hydroxylation is 1. The molecule has 10 heteroatoms. The van der Waals surface area contributed by atoms with Crippen LogP contribution >= 0.6 is 0 Å². The number of benzene rings is 1. The van der Waals surface area contributed by atoms with E-state index in [4.69, 9.17) is 24.7 Å². The Bertz CT molecular complexity index is 1470. The zero-order valence-electron chi connectivity index (χ0n) is 23.1. The maximum absolute atomic E-state index is 11.9. The summed E-state index contributed by atoms with van der Waals surface area (Å²) in [6, 6.07) is 8.48. The van der Waals surface area contributed by atoms with Gasteiger partial charge in [-0.2, -0.15) is 9.97 Å². The van der Waals surface area contributed by atoms with Gasteiger partial charge in [0.15, 0.2) is 17.0 Å². The maximum atomic E-state index is 11.9. The summed E-state index contributed by atoms with van der Waals surface area (Å²) in [5.74, 6) is 3.10. The molecular formula is C28H38N8O2. The maximum Gasteiger partial charge on any atom is 0.239 e. The molecule has 0 aliphatic carbocycles. The lowest BCUT2D eigenvalue weighted by molar-refractivity contribution is -0.0523. The number of nitrogens with zero attached hydrogens (tertiary/aromatic N) is 8. The van der Waals surface area contributed by atoms with Crippen LogP contribution in [0.4, 0.5) is 5.82 Å². The molecule has 1 aromatic carbocycles. The smallest absolute Gasteiger partial charge is 0.239 e. The van der Waals surface area contributed by atoms with Crippen LogP contribution in [0.15, 0.2) is 24.3 Å². The van der Waals surface area contributed by atoms with Crippen LogP contribution in [0.5, 0.6) is 0 Å². The summed E-state index contributed by atoms with van der Waals surface area (Å²) in [6.45, 7) is 12.9. The summed E-state index contributed by atoms with van der Waals surface area (Å²) >= 11 is 0. The molecule has 202 valence electrons. The number of fused-ring (bicyclic) bond motifs is 2. The third kappa shape index (κ3) is 4.15. The molecule has 0 amide bonds. The molecule has 4 aromatic rings. The van der Waals surface area contributed by atoms with E-state index < -0.39 is 5.60 Å². The van der Waals surface area contributed by atoms with Crippen molar-refractivity contribution in [3.05, 3.63) is 35.9 Å². The summed E-state index contributed by atoms with van der Waals surface area (Å²) < 4.78 is 9.70. The van der Waals surface area contributed by atoms with Gasteiger partial charge in [-0.25, -0.2) is 9.97 Å². The van der Waals surface area contributed by atoms with Gasteiger partial charge in [0.25, 0.3) is 0 Å². The van der Waals surface area contributed by atoms with Crippen LogP contribution in [0.2, 0.25) is 0 Å². The molecule has 3 aromatic heterocycles. The number of rotatable bonds is 5. The molecule has 5 heterocycles. The zero-order valence-corrected chi connectivity index (χ0v) is 23.1. The van der Waals surface area contributed by atoms with Gasteiger partial charge in [0.1, 0.15) is 17.2 Å². The molecule has 38 heavy (non-hydrogen) atoms. The monoisotopic (exact) mass is 518 g/mol. The number of imidazole rings is 2. The van der Waals surface area contributed by atoms with Gasteiger partial charge in [0, 0.05) is 38.6 Å². The quantitative estimate of drug-likeness (QED) is 0.430. The molecule has 2 fully saturated rings. The van der Waals surface area contributed by atoms with Crippen molar-refractivity contribution in [2.45, 2.75) is 58.1 Å². The van der Waals surface area contributed by atoms with Crippen LogP contribution in [0.3, 0.4) is 0 Å². The summed E-state index contributed by atoms with van der Waals surface area (Å²) in [6.07, 6.45) is 1.59. The number of hydrogen-bond acceptors (Lipinski definition) is 8. The number of aromatic nitrogens is 6. The number of anilines is 1. The van der Waals surface area contributed by atoms with Gasteiger partial charge in [-0.05, 0) is 45.4 Å². The number of para-hydroxylation sites is 2. The van der Waals surface area contributed by atoms with Gasteiger partial charge in [0.05, 0.1) is 24.2 Å². The Hall–Kier alpha value is -3.08.